The van der Waals surface area contributed by atoms with E-state index in [2.05, 4.69) is 9.88 Å². The van der Waals surface area contributed by atoms with Crippen LogP contribution < -0.4 is 4.90 Å². The van der Waals surface area contributed by atoms with Crippen molar-refractivity contribution in [2.75, 3.05) is 18.0 Å². The minimum absolute atomic E-state index is 0.00602. The summed E-state index contributed by atoms with van der Waals surface area (Å²) in [5.41, 5.74) is 7.08. The Bertz CT molecular complexity index is 1650. The molecule has 6 nitrogen and oxygen atoms in total. The van der Waals surface area contributed by atoms with Crippen molar-refractivity contribution in [2.24, 2.45) is 0 Å². The maximum Gasteiger partial charge on any atom is 0.193 e. The lowest BCUT2D eigenvalue weighted by atomic mass is 9.97. The molecule has 210 valence electrons. The van der Waals surface area contributed by atoms with Gasteiger partial charge in [0.2, 0.25) is 0 Å². The van der Waals surface area contributed by atoms with Crippen molar-refractivity contribution in [3.63, 3.8) is 0 Å². The highest BCUT2D eigenvalue weighted by Crippen LogP contribution is 2.22. The largest absolute Gasteiger partial charge is 0.393 e. The Morgan fingerprint density at radius 2 is 1.29 bits per heavy atom. The molecule has 0 amide bonds. The van der Waals surface area contributed by atoms with Crippen LogP contribution in [0.5, 0.6) is 0 Å². The Hall–Kier alpha value is -4.68. The van der Waals surface area contributed by atoms with E-state index < -0.39 is 0 Å². The number of pyridine rings is 1. The number of fused-ring (bicyclic) bond motifs is 1. The molecular weight excluding hydrogens is 524 g/mol. The highest BCUT2D eigenvalue weighted by Gasteiger charge is 2.18. The number of hydrogen-bond acceptors (Lipinski definition) is 6. The summed E-state index contributed by atoms with van der Waals surface area (Å²) >= 11 is 0. The van der Waals surface area contributed by atoms with Gasteiger partial charge in [-0.3, -0.25) is 19.4 Å². The van der Waals surface area contributed by atoms with E-state index in [9.17, 15) is 19.5 Å². The fourth-order valence-electron chi connectivity index (χ4n) is 5.55. The summed E-state index contributed by atoms with van der Waals surface area (Å²) in [6.45, 7) is 1.63. The quantitative estimate of drug-likeness (QED) is 0.267. The third-order valence-corrected chi connectivity index (χ3v) is 8.11. The van der Waals surface area contributed by atoms with Gasteiger partial charge in [-0.15, -0.1) is 0 Å². The lowest BCUT2D eigenvalue weighted by Gasteiger charge is -2.31. The van der Waals surface area contributed by atoms with E-state index in [0.717, 1.165) is 60.4 Å². The van der Waals surface area contributed by atoms with Gasteiger partial charge in [-0.05, 0) is 59.9 Å². The summed E-state index contributed by atoms with van der Waals surface area (Å²) in [6, 6.07) is 23.8. The molecule has 42 heavy (non-hydrogen) atoms. The van der Waals surface area contributed by atoms with E-state index in [4.69, 9.17) is 0 Å². The fraction of sp³-hybridized carbons (Fsp3) is 0.222. The number of Topliss-reactive ketones (excluding diaryl/α,β-unsaturated/α-hetero) is 2. The van der Waals surface area contributed by atoms with Crippen LogP contribution in [0.15, 0.2) is 91.1 Å². The van der Waals surface area contributed by atoms with Crippen molar-refractivity contribution >= 4 is 29.1 Å². The van der Waals surface area contributed by atoms with Crippen LogP contribution in [0.4, 0.5) is 5.69 Å². The highest BCUT2D eigenvalue weighted by molar-refractivity contribution is 6.09. The number of ketones is 3. The predicted molar refractivity (Wildman–Crippen MR) is 163 cm³/mol. The van der Waals surface area contributed by atoms with E-state index in [1.54, 1.807) is 30.5 Å². The van der Waals surface area contributed by atoms with Gasteiger partial charge in [-0.1, -0.05) is 60.7 Å². The van der Waals surface area contributed by atoms with Crippen LogP contribution in [0.2, 0.25) is 0 Å². The first kappa shape index (κ1) is 27.5. The average molecular weight is 557 g/mol. The molecule has 1 N–H and O–H groups in total. The summed E-state index contributed by atoms with van der Waals surface area (Å²) < 4.78 is 0. The number of carbonyl (C=O) groups excluding carboxylic acids is 3. The number of allylic oxidation sites excluding steroid dienone is 1. The summed E-state index contributed by atoms with van der Waals surface area (Å²) in [5.74, 6) is -0.0957. The third kappa shape index (κ3) is 6.14. The first-order valence-electron chi connectivity index (χ1n) is 14.4. The number of piperidine rings is 1. The molecule has 4 aromatic rings. The molecule has 1 aliphatic heterocycles. The Labute approximate surface area is 245 Å². The lowest BCUT2D eigenvalue weighted by Crippen LogP contribution is -2.35. The molecule has 1 aromatic heterocycles. The number of nitrogens with zero attached hydrogens (tertiary/aromatic N) is 2. The van der Waals surface area contributed by atoms with E-state index in [-0.39, 0.29) is 36.3 Å². The number of hydrogen-bond donors (Lipinski definition) is 1. The van der Waals surface area contributed by atoms with Crippen molar-refractivity contribution in [1.82, 2.24) is 4.98 Å². The molecule has 0 bridgehead atoms. The topological polar surface area (TPSA) is 87.6 Å². The van der Waals surface area contributed by atoms with Gasteiger partial charge in [0.05, 0.1) is 11.8 Å². The van der Waals surface area contributed by atoms with Crippen LogP contribution in [0, 0.1) is 0 Å². The van der Waals surface area contributed by atoms with Crippen LogP contribution in [0.3, 0.4) is 0 Å². The van der Waals surface area contributed by atoms with Gasteiger partial charge in [-0.25, -0.2) is 0 Å². The average Bonchev–Trinajstić information content (AvgIpc) is 3.50. The second-order valence-electron chi connectivity index (χ2n) is 11.1. The van der Waals surface area contributed by atoms with Crippen LogP contribution in [-0.4, -0.2) is 46.6 Å². The molecular formula is C36H32N2O4. The number of aliphatic hydroxyl groups excluding tert-OH is 1. The number of aliphatic hydroxyl groups is 1. The normalized spacial score (nSPS) is 14.5. The van der Waals surface area contributed by atoms with Gasteiger partial charge in [0.25, 0.3) is 0 Å². The molecule has 0 unspecified atom stereocenters. The Morgan fingerprint density at radius 1 is 0.738 bits per heavy atom. The molecule has 1 saturated heterocycles. The lowest BCUT2D eigenvalue weighted by molar-refractivity contribution is 0.0984. The van der Waals surface area contributed by atoms with Gasteiger partial charge in [0, 0.05) is 66.5 Å². The van der Waals surface area contributed by atoms with E-state index in [1.165, 1.54) is 0 Å². The first-order chi connectivity index (χ1) is 20.4. The number of benzene rings is 3. The zero-order chi connectivity index (χ0) is 29.1. The Kier molecular flexibility index (Phi) is 7.89. The summed E-state index contributed by atoms with van der Waals surface area (Å²) in [5, 5.41) is 9.72. The smallest absolute Gasteiger partial charge is 0.193 e. The summed E-state index contributed by atoms with van der Waals surface area (Å²) in [7, 11) is 0. The second-order valence-corrected chi connectivity index (χ2v) is 11.1. The first-order valence-corrected chi connectivity index (χ1v) is 14.4. The van der Waals surface area contributed by atoms with Gasteiger partial charge in [-0.2, -0.15) is 0 Å². The molecule has 1 aliphatic carbocycles. The summed E-state index contributed by atoms with van der Waals surface area (Å²) in [4.78, 5) is 45.4. The molecule has 3 aromatic carbocycles. The van der Waals surface area contributed by atoms with Crippen molar-refractivity contribution < 1.29 is 19.5 Å². The van der Waals surface area contributed by atoms with Crippen molar-refractivity contribution in [3.05, 3.63) is 136 Å². The second kappa shape index (κ2) is 12.0. The van der Waals surface area contributed by atoms with Crippen LogP contribution in [-0.2, 0) is 19.3 Å². The number of carbonyl (C=O) groups is 3. The van der Waals surface area contributed by atoms with Gasteiger partial charge >= 0.3 is 0 Å². The number of aromatic nitrogens is 1. The van der Waals surface area contributed by atoms with Crippen LogP contribution >= 0.6 is 0 Å². The maximum absolute atomic E-state index is 13.1. The highest BCUT2D eigenvalue weighted by atomic mass is 16.3. The minimum atomic E-state index is -0.219. The van der Waals surface area contributed by atoms with E-state index in [0.29, 0.717) is 22.3 Å². The Morgan fingerprint density at radius 3 is 1.88 bits per heavy atom. The van der Waals surface area contributed by atoms with Crippen LogP contribution in [0.25, 0.3) is 6.08 Å². The third-order valence-electron chi connectivity index (χ3n) is 8.11. The molecule has 6 heteroatoms. The molecule has 1 fully saturated rings. The number of rotatable bonds is 9. The zero-order valence-corrected chi connectivity index (χ0v) is 23.3. The standard InChI is InChI=1S/C36H32N2O4/c39-32-16-18-38(19-17-32)31-14-12-26(13-15-31)34(40)20-24-4-8-27(9-5-24)36(42)28-10-6-25(7-11-28)21-35(41)30-22-29-2-1-3-33(29)37-23-30/h1-2,4-15,22-23,32,39H,3,16-21H2. The van der Waals surface area contributed by atoms with Crippen molar-refractivity contribution in [2.45, 2.75) is 38.2 Å². The predicted octanol–water partition coefficient (Wildman–Crippen LogP) is 5.69. The molecule has 0 atom stereocenters. The van der Waals surface area contributed by atoms with E-state index >= 15 is 0 Å². The molecule has 0 saturated carbocycles. The minimum Gasteiger partial charge on any atom is -0.393 e. The molecule has 2 heterocycles. The molecule has 0 spiro atoms. The van der Waals surface area contributed by atoms with Crippen molar-refractivity contribution in [1.29, 1.82) is 0 Å². The van der Waals surface area contributed by atoms with Gasteiger partial charge in [0.15, 0.2) is 17.3 Å². The summed E-state index contributed by atoms with van der Waals surface area (Å²) in [6.07, 6.45) is 8.28. The SMILES string of the molecule is O=C(Cc1ccc(C(=O)c2ccc(CC(=O)c3cnc4c(c3)C=CC4)cc2)cc1)c1ccc(N2CCC(O)CC2)cc1. The Balaban J connectivity index is 1.04. The van der Waals surface area contributed by atoms with Crippen LogP contribution in [0.1, 0.15) is 71.9 Å². The monoisotopic (exact) mass is 556 g/mol. The molecule has 0 radical (unpaired) electrons. The maximum atomic E-state index is 13.1. The fourth-order valence-corrected chi connectivity index (χ4v) is 5.55. The number of anilines is 1. The van der Waals surface area contributed by atoms with E-state index in [1.807, 2.05) is 66.7 Å². The molecule has 6 rings (SSSR count). The van der Waals surface area contributed by atoms with Gasteiger partial charge < -0.3 is 10.0 Å². The molecule has 2 aliphatic rings. The zero-order valence-electron chi connectivity index (χ0n) is 23.3. The van der Waals surface area contributed by atoms with Gasteiger partial charge in [0.1, 0.15) is 0 Å². The van der Waals surface area contributed by atoms with Crippen molar-refractivity contribution in [3.8, 4) is 0 Å².